The van der Waals surface area contributed by atoms with Crippen molar-refractivity contribution in [3.8, 4) is 0 Å². The van der Waals surface area contributed by atoms with Gasteiger partial charge in [0.05, 0.1) is 12.6 Å². The van der Waals surface area contributed by atoms with Gasteiger partial charge < -0.3 is 14.7 Å². The molecule has 0 aliphatic carbocycles. The van der Waals surface area contributed by atoms with Gasteiger partial charge in [-0.15, -0.1) is 0 Å². The normalized spacial score (nSPS) is 16.0. The summed E-state index contributed by atoms with van der Waals surface area (Å²) in [5.74, 6) is -0.0919. The highest BCUT2D eigenvalue weighted by atomic mass is 16.5. The van der Waals surface area contributed by atoms with Gasteiger partial charge in [-0.2, -0.15) is 0 Å². The fourth-order valence-corrected chi connectivity index (χ4v) is 2.25. The van der Waals surface area contributed by atoms with Gasteiger partial charge in [0.25, 0.3) is 5.91 Å². The number of carbonyl (C=O) groups excluding carboxylic acids is 1. The first-order valence-electron chi connectivity index (χ1n) is 5.92. The third-order valence-electron chi connectivity index (χ3n) is 3.21. The Morgan fingerprint density at radius 1 is 1.39 bits per heavy atom. The Morgan fingerprint density at radius 3 is 2.61 bits per heavy atom. The second-order valence-electron chi connectivity index (χ2n) is 4.29. The molecule has 0 spiro atoms. The van der Waals surface area contributed by atoms with Gasteiger partial charge in [-0.25, -0.2) is 0 Å². The first-order chi connectivity index (χ1) is 8.70. The molecule has 1 unspecified atom stereocenters. The largest absolute Gasteiger partial charge is 0.394 e. The molecule has 0 aromatic heterocycles. The van der Waals surface area contributed by atoms with Gasteiger partial charge in [-0.1, -0.05) is 24.8 Å². The first-order valence-corrected chi connectivity index (χ1v) is 5.92. The number of nitrogens with zero attached hydrogens (tertiary/aromatic N) is 1. The highest BCUT2D eigenvalue weighted by Crippen LogP contribution is 2.33. The maximum atomic E-state index is 12.3. The van der Waals surface area contributed by atoms with E-state index in [0.717, 1.165) is 5.56 Å². The molecule has 0 saturated heterocycles. The molecule has 1 heterocycles. The van der Waals surface area contributed by atoms with E-state index in [2.05, 4.69) is 6.58 Å². The number of fused-ring (bicyclic) bond motifs is 1. The molecule has 1 aromatic rings. The fraction of sp³-hybridized carbons (Fsp3) is 0.357. The zero-order chi connectivity index (χ0) is 13.1. The average Bonchev–Trinajstić information content (AvgIpc) is 2.65. The Hall–Kier alpha value is -1.65. The lowest BCUT2D eigenvalue weighted by Crippen LogP contribution is -2.38. The number of carbonyl (C=O) groups is 1. The van der Waals surface area contributed by atoms with Gasteiger partial charge in [0.2, 0.25) is 0 Å². The molecule has 4 heteroatoms. The summed E-state index contributed by atoms with van der Waals surface area (Å²) in [5, 5.41) is 9.44. The van der Waals surface area contributed by atoms with Crippen LogP contribution in [0.15, 0.2) is 30.8 Å². The molecule has 96 valence electrons. The molecule has 0 radical (unpaired) electrons. The number of hydrogen-bond donors (Lipinski definition) is 1. The SMILES string of the molecule is C=C1c2ccccc2C(=O)N1C(CO)CCOC. The average molecular weight is 247 g/mol. The van der Waals surface area contributed by atoms with Crippen LogP contribution in [0.2, 0.25) is 0 Å². The van der Waals surface area contributed by atoms with Crippen LogP contribution in [0, 0.1) is 0 Å². The number of benzene rings is 1. The standard InChI is InChI=1S/C14H17NO3/c1-10-12-5-3-4-6-13(12)14(17)15(10)11(9-16)7-8-18-2/h3-6,11,16H,1,7-9H2,2H3. The van der Waals surface area contributed by atoms with E-state index in [4.69, 9.17) is 4.74 Å². The Bertz CT molecular complexity index is 435. The van der Waals surface area contributed by atoms with Crippen LogP contribution in [-0.2, 0) is 4.74 Å². The topological polar surface area (TPSA) is 49.8 Å². The van der Waals surface area contributed by atoms with Gasteiger partial charge in [-0.3, -0.25) is 4.79 Å². The van der Waals surface area contributed by atoms with Crippen LogP contribution in [-0.4, -0.2) is 42.3 Å². The molecule has 1 aliphatic rings. The maximum absolute atomic E-state index is 12.3. The molecule has 18 heavy (non-hydrogen) atoms. The van der Waals surface area contributed by atoms with E-state index in [1.165, 1.54) is 0 Å². The Kier molecular flexibility index (Phi) is 3.79. The number of ether oxygens (including phenoxy) is 1. The van der Waals surface area contributed by atoms with Crippen molar-refractivity contribution in [1.29, 1.82) is 0 Å². The van der Waals surface area contributed by atoms with E-state index < -0.39 is 0 Å². The van der Waals surface area contributed by atoms with Crippen molar-refractivity contribution >= 4 is 11.6 Å². The second kappa shape index (κ2) is 5.33. The minimum Gasteiger partial charge on any atom is -0.394 e. The van der Waals surface area contributed by atoms with Crippen molar-refractivity contribution in [1.82, 2.24) is 4.90 Å². The van der Waals surface area contributed by atoms with Crippen LogP contribution in [0.3, 0.4) is 0 Å². The van der Waals surface area contributed by atoms with Crippen LogP contribution in [0.5, 0.6) is 0 Å². The van der Waals surface area contributed by atoms with Crippen LogP contribution in [0.4, 0.5) is 0 Å². The van der Waals surface area contributed by atoms with E-state index in [1.807, 2.05) is 18.2 Å². The molecule has 4 nitrogen and oxygen atoms in total. The van der Waals surface area contributed by atoms with Crippen molar-refractivity contribution in [3.63, 3.8) is 0 Å². The first kappa shape index (κ1) is 12.8. The summed E-state index contributed by atoms with van der Waals surface area (Å²) in [6.45, 7) is 4.36. The van der Waals surface area contributed by atoms with Crippen molar-refractivity contribution in [2.24, 2.45) is 0 Å². The molecule has 1 amide bonds. The van der Waals surface area contributed by atoms with Crippen molar-refractivity contribution < 1.29 is 14.6 Å². The second-order valence-corrected chi connectivity index (χ2v) is 4.29. The fourth-order valence-electron chi connectivity index (χ4n) is 2.25. The number of aliphatic hydroxyl groups is 1. The van der Waals surface area contributed by atoms with Crippen molar-refractivity contribution in [2.45, 2.75) is 12.5 Å². The van der Waals surface area contributed by atoms with Crippen molar-refractivity contribution in [2.75, 3.05) is 20.3 Å². The van der Waals surface area contributed by atoms with Gasteiger partial charge in [0.1, 0.15) is 0 Å². The van der Waals surface area contributed by atoms with Gasteiger partial charge in [0.15, 0.2) is 0 Å². The van der Waals surface area contributed by atoms with Crippen LogP contribution < -0.4 is 0 Å². The zero-order valence-electron chi connectivity index (χ0n) is 10.4. The summed E-state index contributed by atoms with van der Waals surface area (Å²) in [7, 11) is 1.60. The zero-order valence-corrected chi connectivity index (χ0v) is 10.4. The number of methoxy groups -OCH3 is 1. The number of hydrogen-bond acceptors (Lipinski definition) is 3. The minimum atomic E-state index is -0.280. The van der Waals surface area contributed by atoms with E-state index >= 15 is 0 Å². The molecule has 0 bridgehead atoms. The summed E-state index contributed by atoms with van der Waals surface area (Å²) in [6, 6.07) is 7.09. The lowest BCUT2D eigenvalue weighted by Gasteiger charge is -2.27. The third-order valence-corrected chi connectivity index (χ3v) is 3.21. The summed E-state index contributed by atoms with van der Waals surface area (Å²) < 4.78 is 5.00. The van der Waals surface area contributed by atoms with E-state index in [-0.39, 0.29) is 18.6 Å². The highest BCUT2D eigenvalue weighted by Gasteiger charge is 2.35. The van der Waals surface area contributed by atoms with Gasteiger partial charge >= 0.3 is 0 Å². The Labute approximate surface area is 106 Å². The van der Waals surface area contributed by atoms with Crippen LogP contribution in [0.1, 0.15) is 22.3 Å². The minimum absolute atomic E-state index is 0.0919. The summed E-state index contributed by atoms with van der Waals surface area (Å²) >= 11 is 0. The molecular formula is C14H17NO3. The predicted octanol–water partition coefficient (Wildman–Crippen LogP) is 1.51. The Morgan fingerprint density at radius 2 is 2.06 bits per heavy atom. The van der Waals surface area contributed by atoms with E-state index in [1.54, 1.807) is 18.1 Å². The van der Waals surface area contributed by atoms with Gasteiger partial charge in [0, 0.05) is 30.5 Å². The monoisotopic (exact) mass is 247 g/mol. The summed E-state index contributed by atoms with van der Waals surface area (Å²) in [5.41, 5.74) is 2.16. The summed E-state index contributed by atoms with van der Waals surface area (Å²) in [6.07, 6.45) is 0.589. The van der Waals surface area contributed by atoms with E-state index in [0.29, 0.717) is 24.3 Å². The lowest BCUT2D eigenvalue weighted by atomic mass is 10.1. The molecule has 2 rings (SSSR count). The van der Waals surface area contributed by atoms with Crippen LogP contribution in [0.25, 0.3) is 5.70 Å². The quantitative estimate of drug-likeness (QED) is 0.858. The number of amides is 1. The Balaban J connectivity index is 2.26. The van der Waals surface area contributed by atoms with Crippen LogP contribution >= 0.6 is 0 Å². The summed E-state index contributed by atoms with van der Waals surface area (Å²) in [4.78, 5) is 13.9. The smallest absolute Gasteiger partial charge is 0.259 e. The van der Waals surface area contributed by atoms with E-state index in [9.17, 15) is 9.90 Å². The van der Waals surface area contributed by atoms with Gasteiger partial charge in [-0.05, 0) is 12.5 Å². The molecule has 1 N–H and O–H groups in total. The molecule has 0 saturated carbocycles. The number of aliphatic hydroxyl groups excluding tert-OH is 1. The maximum Gasteiger partial charge on any atom is 0.259 e. The highest BCUT2D eigenvalue weighted by molar-refractivity contribution is 6.09. The lowest BCUT2D eigenvalue weighted by molar-refractivity contribution is 0.0696. The molecule has 1 atom stereocenters. The predicted molar refractivity (Wildman–Crippen MR) is 69.0 cm³/mol. The molecule has 1 aliphatic heterocycles. The van der Waals surface area contributed by atoms with Crippen molar-refractivity contribution in [3.05, 3.63) is 42.0 Å². The molecular weight excluding hydrogens is 230 g/mol. The molecule has 1 aromatic carbocycles. The third kappa shape index (κ3) is 2.05. The molecule has 0 fully saturated rings. The number of rotatable bonds is 5.